The van der Waals surface area contributed by atoms with Gasteiger partial charge in [0.05, 0.1) is 23.1 Å². The first-order chi connectivity index (χ1) is 9.49. The van der Waals surface area contributed by atoms with Crippen LogP contribution in [0.5, 0.6) is 0 Å². The summed E-state index contributed by atoms with van der Waals surface area (Å²) in [6.07, 6.45) is 2.10. The first-order valence-electron chi connectivity index (χ1n) is 6.78. The van der Waals surface area contributed by atoms with Crippen LogP contribution in [0.4, 0.5) is 0 Å². The molecule has 1 saturated carbocycles. The minimum atomic E-state index is -3.23. The van der Waals surface area contributed by atoms with E-state index in [1.807, 2.05) is 12.1 Å². The number of benzene rings is 1. The van der Waals surface area contributed by atoms with Crippen LogP contribution < -0.4 is 0 Å². The molecule has 1 fully saturated rings. The van der Waals surface area contributed by atoms with E-state index in [2.05, 4.69) is 4.90 Å². The number of aliphatic carboxylic acids is 1. The molecule has 6 heteroatoms. The Balaban J connectivity index is 1.91. The summed E-state index contributed by atoms with van der Waals surface area (Å²) < 4.78 is 24.4. The van der Waals surface area contributed by atoms with Crippen molar-refractivity contribution < 1.29 is 18.3 Å². The van der Waals surface area contributed by atoms with Gasteiger partial charge in [-0.1, -0.05) is 18.2 Å². The summed E-state index contributed by atoms with van der Waals surface area (Å²) in [5.74, 6) is -0.771. The van der Waals surface area contributed by atoms with E-state index in [1.54, 1.807) is 12.1 Å². The first kappa shape index (κ1) is 13.6. The number of sulfone groups is 1. The van der Waals surface area contributed by atoms with Crippen molar-refractivity contribution in [3.63, 3.8) is 0 Å². The predicted molar refractivity (Wildman–Crippen MR) is 73.2 cm³/mol. The van der Waals surface area contributed by atoms with Crippen LogP contribution >= 0.6 is 0 Å². The van der Waals surface area contributed by atoms with Crippen LogP contribution in [0.1, 0.15) is 30.9 Å². The predicted octanol–water partition coefficient (Wildman–Crippen LogP) is 1.45. The number of carboxylic acid groups (broad SMARTS) is 1. The van der Waals surface area contributed by atoms with Gasteiger partial charge in [-0.15, -0.1) is 0 Å². The van der Waals surface area contributed by atoms with Crippen molar-refractivity contribution in [2.24, 2.45) is 0 Å². The van der Waals surface area contributed by atoms with Gasteiger partial charge in [0.2, 0.25) is 0 Å². The Kier molecular flexibility index (Phi) is 3.30. The van der Waals surface area contributed by atoms with Crippen molar-refractivity contribution in [1.82, 2.24) is 4.90 Å². The molecule has 20 heavy (non-hydrogen) atoms. The molecule has 0 aromatic heterocycles. The van der Waals surface area contributed by atoms with Gasteiger partial charge in [0.15, 0.2) is 9.84 Å². The van der Waals surface area contributed by atoms with Gasteiger partial charge >= 0.3 is 5.97 Å². The summed E-state index contributed by atoms with van der Waals surface area (Å²) >= 11 is 0. The average molecular weight is 295 g/mol. The molecule has 1 heterocycles. The van der Waals surface area contributed by atoms with Gasteiger partial charge in [-0.05, 0) is 24.5 Å². The summed E-state index contributed by atoms with van der Waals surface area (Å²) in [6, 6.07) is 7.21. The number of fused-ring (bicyclic) bond motifs is 1. The van der Waals surface area contributed by atoms with Gasteiger partial charge in [0.1, 0.15) is 0 Å². The highest BCUT2D eigenvalue weighted by Gasteiger charge is 2.42. The van der Waals surface area contributed by atoms with Gasteiger partial charge < -0.3 is 5.11 Å². The fourth-order valence-electron chi connectivity index (χ4n) is 2.92. The molecule has 1 aromatic carbocycles. The molecule has 5 nitrogen and oxygen atoms in total. The summed E-state index contributed by atoms with van der Waals surface area (Å²) in [5, 5.41) is 8.86. The van der Waals surface area contributed by atoms with E-state index in [0.717, 1.165) is 18.4 Å². The molecule has 1 aliphatic heterocycles. The van der Waals surface area contributed by atoms with Crippen molar-refractivity contribution in [2.75, 3.05) is 12.3 Å². The lowest BCUT2D eigenvalue weighted by atomic mass is 10.1. The lowest BCUT2D eigenvalue weighted by molar-refractivity contribution is -0.137. The molecule has 108 valence electrons. The van der Waals surface area contributed by atoms with E-state index in [9.17, 15) is 13.2 Å². The smallest absolute Gasteiger partial charge is 0.304 e. The number of nitrogens with zero attached hydrogens (tertiary/aromatic N) is 1. The molecule has 1 aromatic rings. The molecular weight excluding hydrogens is 278 g/mol. The lowest BCUT2D eigenvalue weighted by Gasteiger charge is -2.28. The van der Waals surface area contributed by atoms with E-state index in [4.69, 9.17) is 5.11 Å². The number of hydrogen-bond acceptors (Lipinski definition) is 4. The zero-order chi connectivity index (χ0) is 14.3. The zero-order valence-corrected chi connectivity index (χ0v) is 11.8. The molecule has 2 aliphatic rings. The van der Waals surface area contributed by atoms with Crippen LogP contribution in [0.25, 0.3) is 0 Å². The molecule has 1 N–H and O–H groups in total. The third-order valence-corrected chi connectivity index (χ3v) is 5.79. The Morgan fingerprint density at radius 2 is 2.00 bits per heavy atom. The van der Waals surface area contributed by atoms with Crippen LogP contribution in [0.15, 0.2) is 29.2 Å². The average Bonchev–Trinajstić information content (AvgIpc) is 3.18. The fraction of sp³-hybridized carbons (Fsp3) is 0.500. The van der Waals surface area contributed by atoms with Crippen molar-refractivity contribution in [3.05, 3.63) is 29.8 Å². The van der Waals surface area contributed by atoms with Crippen LogP contribution in [0.3, 0.4) is 0 Å². The summed E-state index contributed by atoms with van der Waals surface area (Å²) in [4.78, 5) is 13.3. The van der Waals surface area contributed by atoms with Crippen molar-refractivity contribution in [1.29, 1.82) is 0 Å². The Bertz CT molecular complexity index is 636. The molecular formula is C14H17NO4S. The normalized spacial score (nSPS) is 23.8. The molecule has 1 atom stereocenters. The molecule has 0 radical (unpaired) electrons. The van der Waals surface area contributed by atoms with Gasteiger partial charge in [-0.25, -0.2) is 8.42 Å². The number of carbonyl (C=O) groups is 1. The Hall–Kier alpha value is -1.40. The number of hydrogen-bond donors (Lipinski definition) is 1. The second-order valence-corrected chi connectivity index (χ2v) is 7.45. The quantitative estimate of drug-likeness (QED) is 0.890. The second kappa shape index (κ2) is 4.86. The number of carboxylic acids is 1. The van der Waals surface area contributed by atoms with Crippen molar-refractivity contribution >= 4 is 15.8 Å². The highest BCUT2D eigenvalue weighted by Crippen LogP contribution is 2.42. The maximum Gasteiger partial charge on any atom is 0.304 e. The van der Waals surface area contributed by atoms with E-state index in [0.29, 0.717) is 17.5 Å². The molecule has 0 amide bonds. The highest BCUT2D eigenvalue weighted by molar-refractivity contribution is 7.91. The van der Waals surface area contributed by atoms with Crippen molar-refractivity contribution in [3.8, 4) is 0 Å². The third kappa shape index (κ3) is 2.45. The Morgan fingerprint density at radius 3 is 2.65 bits per heavy atom. The summed E-state index contributed by atoms with van der Waals surface area (Å²) in [6.45, 7) is 0.411. The van der Waals surface area contributed by atoms with Gasteiger partial charge in [0.25, 0.3) is 0 Å². The van der Waals surface area contributed by atoms with Gasteiger partial charge in [-0.2, -0.15) is 0 Å². The topological polar surface area (TPSA) is 74.7 Å². The maximum atomic E-state index is 12.2. The van der Waals surface area contributed by atoms with Crippen molar-refractivity contribution in [2.45, 2.75) is 36.2 Å². The third-order valence-electron chi connectivity index (χ3n) is 3.99. The highest BCUT2D eigenvalue weighted by atomic mass is 32.2. The van der Waals surface area contributed by atoms with Crippen LogP contribution in [0, 0.1) is 0 Å². The summed E-state index contributed by atoms with van der Waals surface area (Å²) in [5.41, 5.74) is 0.824. The molecule has 0 bridgehead atoms. The Morgan fingerprint density at radius 1 is 1.30 bits per heavy atom. The van der Waals surface area contributed by atoms with Gasteiger partial charge in [-0.3, -0.25) is 9.69 Å². The standard InChI is InChI=1S/C14H17NO4S/c16-14(17)7-8-15(10-5-6-10)12-9-20(18,19)13-4-2-1-3-11(12)13/h1-4,10,12H,5-9H2,(H,16,17). The zero-order valence-electron chi connectivity index (χ0n) is 11.0. The first-order valence-corrected chi connectivity index (χ1v) is 8.43. The molecule has 1 unspecified atom stereocenters. The summed E-state index contributed by atoms with van der Waals surface area (Å²) in [7, 11) is -3.23. The molecule has 1 aliphatic carbocycles. The van der Waals surface area contributed by atoms with E-state index >= 15 is 0 Å². The second-order valence-electron chi connectivity index (χ2n) is 5.45. The minimum Gasteiger partial charge on any atom is -0.481 e. The van der Waals surface area contributed by atoms with Crippen LogP contribution in [0.2, 0.25) is 0 Å². The minimum absolute atomic E-state index is 0.0508. The van der Waals surface area contributed by atoms with Crippen LogP contribution in [-0.4, -0.2) is 42.7 Å². The van der Waals surface area contributed by atoms with Gasteiger partial charge in [0, 0.05) is 12.6 Å². The maximum absolute atomic E-state index is 12.2. The molecule has 0 spiro atoms. The Labute approximate surface area is 118 Å². The molecule has 3 rings (SSSR count). The monoisotopic (exact) mass is 295 g/mol. The largest absolute Gasteiger partial charge is 0.481 e. The fourth-order valence-corrected chi connectivity index (χ4v) is 4.74. The van der Waals surface area contributed by atoms with E-state index in [1.165, 1.54) is 0 Å². The number of rotatable bonds is 5. The lowest BCUT2D eigenvalue weighted by Crippen LogP contribution is -2.34. The van der Waals surface area contributed by atoms with E-state index in [-0.39, 0.29) is 18.2 Å². The van der Waals surface area contributed by atoms with E-state index < -0.39 is 15.8 Å². The van der Waals surface area contributed by atoms with Crippen LogP contribution in [-0.2, 0) is 14.6 Å². The molecule has 0 saturated heterocycles. The SMILES string of the molecule is O=C(O)CCN(C1CC1)C1CS(=O)(=O)c2ccccc21.